The van der Waals surface area contributed by atoms with Crippen LogP contribution in [0.25, 0.3) is 77.4 Å². The summed E-state index contributed by atoms with van der Waals surface area (Å²) >= 11 is 0. The fourth-order valence-electron chi connectivity index (χ4n) is 6.75. The second-order valence-corrected chi connectivity index (χ2v) is 11.3. The van der Waals surface area contributed by atoms with Crippen LogP contribution in [0.3, 0.4) is 0 Å². The second kappa shape index (κ2) is 9.82. The summed E-state index contributed by atoms with van der Waals surface area (Å²) in [5.74, 6) is 0. The zero-order valence-electron chi connectivity index (χ0n) is 23.9. The van der Waals surface area contributed by atoms with E-state index in [0.29, 0.717) is 0 Å². The molecule has 0 fully saturated rings. The van der Waals surface area contributed by atoms with Gasteiger partial charge in [0.05, 0.1) is 27.6 Å². The van der Waals surface area contributed by atoms with E-state index in [0.717, 1.165) is 33.3 Å². The van der Waals surface area contributed by atoms with Crippen molar-refractivity contribution in [2.75, 3.05) is 0 Å². The topological polar surface area (TPSA) is 22.8 Å². The van der Waals surface area contributed by atoms with Crippen LogP contribution in [0.2, 0.25) is 0 Å². The summed E-state index contributed by atoms with van der Waals surface area (Å²) in [6.07, 6.45) is 1.89. The number of aromatic nitrogens is 3. The van der Waals surface area contributed by atoms with Gasteiger partial charge in [-0.1, -0.05) is 97.1 Å². The van der Waals surface area contributed by atoms with Crippen LogP contribution in [0.5, 0.6) is 0 Å². The molecule has 0 saturated heterocycles. The summed E-state index contributed by atoms with van der Waals surface area (Å²) in [7, 11) is 0. The molecule has 3 aromatic heterocycles. The monoisotopic (exact) mass is 561 g/mol. The van der Waals surface area contributed by atoms with Crippen molar-refractivity contribution >= 4 is 43.7 Å². The fourth-order valence-corrected chi connectivity index (χ4v) is 6.75. The van der Waals surface area contributed by atoms with E-state index in [9.17, 15) is 0 Å². The fraction of sp³-hybridized carbons (Fsp3) is 0. The van der Waals surface area contributed by atoms with Gasteiger partial charge >= 0.3 is 0 Å². The second-order valence-electron chi connectivity index (χ2n) is 11.3. The zero-order valence-corrected chi connectivity index (χ0v) is 23.9. The molecular formula is C41H27N3. The third-order valence-electron chi connectivity index (χ3n) is 8.75. The Balaban J connectivity index is 1.27. The number of hydrogen-bond donors (Lipinski definition) is 0. The lowest BCUT2D eigenvalue weighted by molar-refractivity contribution is 1.17. The molecule has 0 amide bonds. The summed E-state index contributed by atoms with van der Waals surface area (Å²) in [4.78, 5) is 4.82. The Kier molecular flexibility index (Phi) is 5.50. The van der Waals surface area contributed by atoms with Crippen LogP contribution in [0.1, 0.15) is 0 Å². The minimum atomic E-state index is 1.01. The summed E-state index contributed by atoms with van der Waals surface area (Å²) in [6, 6.07) is 56.5. The molecule has 0 radical (unpaired) electrons. The first-order valence-electron chi connectivity index (χ1n) is 15.0. The maximum Gasteiger partial charge on any atom is 0.0963 e. The highest BCUT2D eigenvalue weighted by Crippen LogP contribution is 2.38. The average Bonchev–Trinajstić information content (AvgIpc) is 3.61. The first-order valence-corrected chi connectivity index (χ1v) is 15.0. The lowest BCUT2D eigenvalue weighted by Gasteiger charge is -2.11. The van der Waals surface area contributed by atoms with E-state index in [-0.39, 0.29) is 0 Å². The van der Waals surface area contributed by atoms with Crippen molar-refractivity contribution in [3.05, 3.63) is 164 Å². The maximum absolute atomic E-state index is 4.82. The minimum absolute atomic E-state index is 1.01. The molecule has 0 unspecified atom stereocenters. The molecule has 6 aromatic carbocycles. The van der Waals surface area contributed by atoms with Crippen LogP contribution in [0.15, 0.2) is 164 Å². The quantitative estimate of drug-likeness (QED) is 0.210. The lowest BCUT2D eigenvalue weighted by atomic mass is 10.0. The molecular weight excluding hydrogens is 534 g/mol. The highest BCUT2D eigenvalue weighted by atomic mass is 15.0. The van der Waals surface area contributed by atoms with E-state index >= 15 is 0 Å². The minimum Gasteiger partial charge on any atom is -0.309 e. The van der Waals surface area contributed by atoms with Gasteiger partial charge in [-0.2, -0.15) is 0 Å². The number of hydrogen-bond acceptors (Lipinski definition) is 1. The average molecular weight is 562 g/mol. The van der Waals surface area contributed by atoms with Gasteiger partial charge in [-0.25, -0.2) is 0 Å². The highest BCUT2D eigenvalue weighted by molar-refractivity contribution is 6.11. The molecule has 0 spiro atoms. The molecule has 0 aliphatic rings. The number of pyridine rings is 1. The third kappa shape index (κ3) is 3.80. The van der Waals surface area contributed by atoms with Crippen LogP contribution in [-0.4, -0.2) is 14.1 Å². The predicted molar refractivity (Wildman–Crippen MR) is 184 cm³/mol. The lowest BCUT2D eigenvalue weighted by Crippen LogP contribution is -1.95. The van der Waals surface area contributed by atoms with Crippen molar-refractivity contribution < 1.29 is 0 Å². The van der Waals surface area contributed by atoms with Crippen molar-refractivity contribution in [1.29, 1.82) is 0 Å². The van der Waals surface area contributed by atoms with Crippen molar-refractivity contribution in [3.8, 4) is 33.6 Å². The number of fused-ring (bicyclic) bond motifs is 6. The van der Waals surface area contributed by atoms with Gasteiger partial charge in [-0.05, 0) is 82.9 Å². The van der Waals surface area contributed by atoms with Gasteiger partial charge in [0.25, 0.3) is 0 Å². The van der Waals surface area contributed by atoms with Gasteiger partial charge in [-0.3, -0.25) is 4.98 Å². The standard InChI is InChI=1S/C41H27N3/c1-3-11-28(12-4-1)29-13-9-16-33(25-29)44-38-19-10-24-42-41(38)36-23-21-31(27-40(36)44)30-20-22-35-34-17-7-8-18-37(34)43(39(35)26-30)32-14-5-2-6-15-32/h1-27H. The molecule has 44 heavy (non-hydrogen) atoms. The van der Waals surface area contributed by atoms with Gasteiger partial charge in [0, 0.05) is 33.7 Å². The molecule has 0 aliphatic heterocycles. The van der Waals surface area contributed by atoms with Gasteiger partial charge < -0.3 is 9.13 Å². The van der Waals surface area contributed by atoms with Gasteiger partial charge in [-0.15, -0.1) is 0 Å². The summed E-state index contributed by atoms with van der Waals surface area (Å²) < 4.78 is 4.73. The molecule has 0 bridgehead atoms. The number of rotatable bonds is 4. The Bertz CT molecular complexity index is 2480. The van der Waals surface area contributed by atoms with Gasteiger partial charge in [0.15, 0.2) is 0 Å². The highest BCUT2D eigenvalue weighted by Gasteiger charge is 2.17. The summed E-state index contributed by atoms with van der Waals surface area (Å²) in [6.45, 7) is 0. The molecule has 3 heteroatoms. The predicted octanol–water partition coefficient (Wildman–Crippen LogP) is 10.6. The van der Waals surface area contributed by atoms with Gasteiger partial charge in [0.2, 0.25) is 0 Å². The molecule has 0 aliphatic carbocycles. The Labute approximate surface area is 254 Å². The Morgan fingerprint density at radius 3 is 1.73 bits per heavy atom. The van der Waals surface area contributed by atoms with Crippen molar-refractivity contribution in [2.45, 2.75) is 0 Å². The molecule has 206 valence electrons. The molecule has 3 heterocycles. The SMILES string of the molecule is c1ccc(-c2cccc(-n3c4cc(-c5ccc6c7ccccc7n(-c7ccccc7)c6c5)ccc4c4ncccc43)c2)cc1. The van der Waals surface area contributed by atoms with E-state index in [1.54, 1.807) is 0 Å². The smallest absolute Gasteiger partial charge is 0.0963 e. The van der Waals surface area contributed by atoms with E-state index < -0.39 is 0 Å². The molecule has 0 atom stereocenters. The first kappa shape index (κ1) is 24.6. The van der Waals surface area contributed by atoms with Gasteiger partial charge in [0.1, 0.15) is 0 Å². The molecule has 9 aromatic rings. The number of para-hydroxylation sites is 2. The van der Waals surface area contributed by atoms with Crippen LogP contribution < -0.4 is 0 Å². The van der Waals surface area contributed by atoms with Crippen LogP contribution in [0, 0.1) is 0 Å². The normalized spacial score (nSPS) is 11.6. The van der Waals surface area contributed by atoms with Crippen molar-refractivity contribution in [1.82, 2.24) is 14.1 Å². The Hall–Kier alpha value is -5.93. The third-order valence-corrected chi connectivity index (χ3v) is 8.75. The van der Waals surface area contributed by atoms with Crippen LogP contribution in [-0.2, 0) is 0 Å². The van der Waals surface area contributed by atoms with Crippen LogP contribution >= 0.6 is 0 Å². The largest absolute Gasteiger partial charge is 0.309 e. The summed E-state index contributed by atoms with van der Waals surface area (Å²) in [5.41, 5.74) is 12.7. The maximum atomic E-state index is 4.82. The number of benzene rings is 6. The van der Waals surface area contributed by atoms with E-state index in [1.807, 2.05) is 12.3 Å². The zero-order chi connectivity index (χ0) is 29.0. The van der Waals surface area contributed by atoms with E-state index in [2.05, 4.69) is 161 Å². The van der Waals surface area contributed by atoms with Crippen LogP contribution in [0.4, 0.5) is 0 Å². The van der Waals surface area contributed by atoms with E-state index in [4.69, 9.17) is 4.98 Å². The van der Waals surface area contributed by atoms with Crippen molar-refractivity contribution in [2.24, 2.45) is 0 Å². The Morgan fingerprint density at radius 1 is 0.341 bits per heavy atom. The summed E-state index contributed by atoms with van der Waals surface area (Å²) in [5, 5.41) is 3.66. The van der Waals surface area contributed by atoms with Crippen molar-refractivity contribution in [3.63, 3.8) is 0 Å². The van der Waals surface area contributed by atoms with E-state index in [1.165, 1.54) is 44.1 Å². The molecule has 9 rings (SSSR count). The molecule has 3 nitrogen and oxygen atoms in total. The molecule has 0 N–H and O–H groups in total. The number of nitrogens with zero attached hydrogens (tertiary/aromatic N) is 3. The Morgan fingerprint density at radius 2 is 0.909 bits per heavy atom. The first-order chi connectivity index (χ1) is 21.8. The molecule has 0 saturated carbocycles.